The van der Waals surface area contributed by atoms with Crippen molar-refractivity contribution in [3.05, 3.63) is 29.3 Å². The Bertz CT molecular complexity index is 499. The molecule has 1 aliphatic heterocycles. The quantitative estimate of drug-likeness (QED) is 0.866. The second-order valence-corrected chi connectivity index (χ2v) is 6.62. The molecule has 0 amide bonds. The summed E-state index contributed by atoms with van der Waals surface area (Å²) in [5.41, 5.74) is 0. The number of benzene rings is 1. The summed E-state index contributed by atoms with van der Waals surface area (Å²) in [5, 5.41) is 3.52. The summed E-state index contributed by atoms with van der Waals surface area (Å²) in [4.78, 5) is 0.149. The Morgan fingerprint density at radius 2 is 2.17 bits per heavy atom. The standard InChI is InChI=1S/C12H17ClN2O2S/c13-11-3-1-2-4-12(11)18(16,17)15-8-6-10-5-7-14-9-10/h1-4,10,14-15H,5-9H2. The van der Waals surface area contributed by atoms with E-state index in [0.29, 0.717) is 12.5 Å². The largest absolute Gasteiger partial charge is 0.316 e. The molecule has 0 radical (unpaired) electrons. The summed E-state index contributed by atoms with van der Waals surface area (Å²) in [5.74, 6) is 0.568. The van der Waals surface area contributed by atoms with E-state index in [0.717, 1.165) is 25.9 Å². The highest BCUT2D eigenvalue weighted by Crippen LogP contribution is 2.20. The average Bonchev–Trinajstić information content (AvgIpc) is 2.82. The lowest BCUT2D eigenvalue weighted by atomic mass is 10.1. The molecule has 1 heterocycles. The Labute approximate surface area is 113 Å². The first kappa shape index (κ1) is 13.8. The number of sulfonamides is 1. The van der Waals surface area contributed by atoms with Crippen molar-refractivity contribution in [2.45, 2.75) is 17.7 Å². The van der Waals surface area contributed by atoms with Crippen molar-refractivity contribution >= 4 is 21.6 Å². The van der Waals surface area contributed by atoms with Gasteiger partial charge in [0.2, 0.25) is 10.0 Å². The van der Waals surface area contributed by atoms with Crippen molar-refractivity contribution in [1.29, 1.82) is 0 Å². The zero-order valence-electron chi connectivity index (χ0n) is 10.0. The van der Waals surface area contributed by atoms with Gasteiger partial charge in [-0.2, -0.15) is 0 Å². The highest BCUT2D eigenvalue weighted by atomic mass is 35.5. The molecule has 2 rings (SSSR count). The van der Waals surface area contributed by atoms with Crippen LogP contribution in [0.15, 0.2) is 29.2 Å². The van der Waals surface area contributed by atoms with Gasteiger partial charge >= 0.3 is 0 Å². The lowest BCUT2D eigenvalue weighted by Crippen LogP contribution is -2.26. The van der Waals surface area contributed by atoms with Gasteiger partial charge in [0, 0.05) is 6.54 Å². The zero-order valence-corrected chi connectivity index (χ0v) is 11.6. The average molecular weight is 289 g/mol. The van der Waals surface area contributed by atoms with Crippen molar-refractivity contribution in [2.75, 3.05) is 19.6 Å². The van der Waals surface area contributed by atoms with E-state index in [1.165, 1.54) is 6.07 Å². The van der Waals surface area contributed by atoms with Crippen LogP contribution in [-0.4, -0.2) is 28.1 Å². The van der Waals surface area contributed by atoms with Crippen LogP contribution in [0.1, 0.15) is 12.8 Å². The molecule has 1 unspecified atom stereocenters. The van der Waals surface area contributed by atoms with Gasteiger partial charge in [-0.25, -0.2) is 13.1 Å². The minimum absolute atomic E-state index is 0.149. The molecule has 0 bridgehead atoms. The van der Waals surface area contributed by atoms with E-state index in [4.69, 9.17) is 11.6 Å². The predicted octanol–water partition coefficient (Wildman–Crippen LogP) is 1.62. The summed E-state index contributed by atoms with van der Waals surface area (Å²) in [6, 6.07) is 6.48. The first-order valence-corrected chi connectivity index (χ1v) is 7.90. The third-order valence-electron chi connectivity index (χ3n) is 3.13. The van der Waals surface area contributed by atoms with Crippen LogP contribution in [0, 0.1) is 5.92 Å². The van der Waals surface area contributed by atoms with Gasteiger partial charge in [0.15, 0.2) is 0 Å². The minimum atomic E-state index is -3.49. The van der Waals surface area contributed by atoms with Crippen LogP contribution in [0.2, 0.25) is 5.02 Å². The molecular weight excluding hydrogens is 272 g/mol. The summed E-state index contributed by atoms with van der Waals surface area (Å²) in [6.45, 7) is 2.47. The lowest BCUT2D eigenvalue weighted by molar-refractivity contribution is 0.519. The molecule has 1 aromatic rings. The second-order valence-electron chi connectivity index (χ2n) is 4.48. The van der Waals surface area contributed by atoms with E-state index in [1.54, 1.807) is 18.2 Å². The molecule has 0 aliphatic carbocycles. The maximum Gasteiger partial charge on any atom is 0.242 e. The van der Waals surface area contributed by atoms with E-state index < -0.39 is 10.0 Å². The Balaban J connectivity index is 1.93. The summed E-state index contributed by atoms with van der Waals surface area (Å²) < 4.78 is 26.6. The van der Waals surface area contributed by atoms with Crippen LogP contribution >= 0.6 is 11.6 Å². The van der Waals surface area contributed by atoms with Crippen molar-refractivity contribution in [1.82, 2.24) is 10.0 Å². The molecule has 1 aromatic carbocycles. The summed E-state index contributed by atoms with van der Waals surface area (Å²) >= 11 is 5.89. The third kappa shape index (κ3) is 3.45. The fourth-order valence-corrected chi connectivity index (χ4v) is 3.66. The van der Waals surface area contributed by atoms with Crippen molar-refractivity contribution in [2.24, 2.45) is 5.92 Å². The summed E-state index contributed by atoms with van der Waals surface area (Å²) in [7, 11) is -3.49. The molecule has 1 atom stereocenters. The molecule has 1 aliphatic rings. The normalized spacial score (nSPS) is 20.2. The molecule has 1 saturated heterocycles. The van der Waals surface area contributed by atoms with E-state index in [9.17, 15) is 8.42 Å². The molecule has 0 aromatic heterocycles. The highest BCUT2D eigenvalue weighted by molar-refractivity contribution is 7.89. The second kappa shape index (κ2) is 6.02. The Kier molecular flexibility index (Phi) is 4.61. The van der Waals surface area contributed by atoms with Crippen molar-refractivity contribution in [3.8, 4) is 0 Å². The van der Waals surface area contributed by atoms with Crippen LogP contribution in [0.25, 0.3) is 0 Å². The molecule has 2 N–H and O–H groups in total. The number of halogens is 1. The fourth-order valence-electron chi connectivity index (χ4n) is 2.10. The SMILES string of the molecule is O=S(=O)(NCCC1CCNC1)c1ccccc1Cl. The van der Waals surface area contributed by atoms with Gasteiger partial charge in [-0.15, -0.1) is 0 Å². The Morgan fingerprint density at radius 3 is 2.83 bits per heavy atom. The fraction of sp³-hybridized carbons (Fsp3) is 0.500. The van der Waals surface area contributed by atoms with Crippen LogP contribution in [0.4, 0.5) is 0 Å². The first-order valence-electron chi connectivity index (χ1n) is 6.04. The Morgan fingerprint density at radius 1 is 1.39 bits per heavy atom. The van der Waals surface area contributed by atoms with Crippen LogP contribution in [0.5, 0.6) is 0 Å². The van der Waals surface area contributed by atoms with Crippen LogP contribution in [-0.2, 0) is 10.0 Å². The van der Waals surface area contributed by atoms with Gasteiger partial charge in [-0.1, -0.05) is 23.7 Å². The van der Waals surface area contributed by atoms with E-state index in [1.807, 2.05) is 0 Å². The molecular formula is C12H17ClN2O2S. The third-order valence-corrected chi connectivity index (χ3v) is 5.09. The predicted molar refractivity (Wildman–Crippen MR) is 72.2 cm³/mol. The summed E-state index contributed by atoms with van der Waals surface area (Å²) in [6.07, 6.45) is 1.98. The maximum absolute atomic E-state index is 12.0. The van der Waals surface area contributed by atoms with E-state index >= 15 is 0 Å². The van der Waals surface area contributed by atoms with Crippen LogP contribution < -0.4 is 10.0 Å². The Hall–Kier alpha value is -0.620. The molecule has 4 nitrogen and oxygen atoms in total. The smallest absolute Gasteiger partial charge is 0.242 e. The van der Waals surface area contributed by atoms with Gasteiger partial charge in [0.25, 0.3) is 0 Å². The maximum atomic E-state index is 12.0. The zero-order chi connectivity index (χ0) is 13.0. The molecule has 0 saturated carbocycles. The number of hydrogen-bond acceptors (Lipinski definition) is 3. The monoisotopic (exact) mass is 288 g/mol. The van der Waals surface area contributed by atoms with Gasteiger partial charge < -0.3 is 5.32 Å². The highest BCUT2D eigenvalue weighted by Gasteiger charge is 2.19. The number of hydrogen-bond donors (Lipinski definition) is 2. The topological polar surface area (TPSA) is 58.2 Å². The molecule has 1 fully saturated rings. The molecule has 0 spiro atoms. The van der Waals surface area contributed by atoms with Gasteiger partial charge in [0.05, 0.1) is 5.02 Å². The van der Waals surface area contributed by atoms with Crippen LogP contribution in [0.3, 0.4) is 0 Å². The van der Waals surface area contributed by atoms with E-state index in [2.05, 4.69) is 10.0 Å². The molecule has 18 heavy (non-hydrogen) atoms. The van der Waals surface area contributed by atoms with Crippen molar-refractivity contribution < 1.29 is 8.42 Å². The van der Waals surface area contributed by atoms with Crippen molar-refractivity contribution in [3.63, 3.8) is 0 Å². The minimum Gasteiger partial charge on any atom is -0.316 e. The molecule has 6 heteroatoms. The lowest BCUT2D eigenvalue weighted by Gasteiger charge is -2.10. The van der Waals surface area contributed by atoms with Gasteiger partial charge in [0.1, 0.15) is 4.90 Å². The number of nitrogens with one attached hydrogen (secondary N) is 2. The first-order chi connectivity index (χ1) is 8.59. The van der Waals surface area contributed by atoms with Gasteiger partial charge in [-0.05, 0) is 44.0 Å². The van der Waals surface area contributed by atoms with Gasteiger partial charge in [-0.3, -0.25) is 0 Å². The van der Waals surface area contributed by atoms with E-state index in [-0.39, 0.29) is 9.92 Å². The number of rotatable bonds is 5. The molecule has 100 valence electrons.